The first-order valence-corrected chi connectivity index (χ1v) is 5.87. The minimum atomic E-state index is 0.772. The third kappa shape index (κ3) is 1.84. The van der Waals surface area contributed by atoms with Crippen LogP contribution in [0.4, 0.5) is 0 Å². The Hall–Kier alpha value is -2.29. The molecule has 0 saturated heterocycles. The largest absolute Gasteiger partial charge is 0.485 e. The fourth-order valence-electron chi connectivity index (χ4n) is 1.96. The second-order valence-corrected chi connectivity index (χ2v) is 3.96. The molecular formula is C15H13N2O. The van der Waals surface area contributed by atoms with Crippen molar-refractivity contribution in [2.45, 2.75) is 6.92 Å². The van der Waals surface area contributed by atoms with E-state index in [9.17, 15) is 0 Å². The third-order valence-corrected chi connectivity index (χ3v) is 2.77. The van der Waals surface area contributed by atoms with E-state index in [1.807, 2.05) is 55.5 Å². The predicted octanol–water partition coefficient (Wildman–Crippen LogP) is 3.79. The lowest BCUT2D eigenvalue weighted by molar-refractivity contribution is 0.420. The monoisotopic (exact) mass is 237 g/mol. The second-order valence-electron chi connectivity index (χ2n) is 3.96. The van der Waals surface area contributed by atoms with Gasteiger partial charge in [-0.05, 0) is 19.1 Å². The van der Waals surface area contributed by atoms with Crippen LogP contribution in [0.25, 0.3) is 22.4 Å². The highest BCUT2D eigenvalue weighted by Crippen LogP contribution is 2.27. The number of nitrogens with zero attached hydrogens (tertiary/aromatic N) is 1. The Morgan fingerprint density at radius 2 is 1.89 bits per heavy atom. The first-order chi connectivity index (χ1) is 8.88. The van der Waals surface area contributed by atoms with Crippen molar-refractivity contribution in [3.05, 3.63) is 55.1 Å². The number of aromatic amines is 1. The zero-order valence-corrected chi connectivity index (χ0v) is 10.1. The first kappa shape index (κ1) is 10.8. The van der Waals surface area contributed by atoms with Gasteiger partial charge in [-0.1, -0.05) is 36.4 Å². The molecule has 0 aliphatic heterocycles. The van der Waals surface area contributed by atoms with Crippen molar-refractivity contribution in [3.63, 3.8) is 0 Å². The van der Waals surface area contributed by atoms with Gasteiger partial charge in [0.05, 0.1) is 5.52 Å². The van der Waals surface area contributed by atoms with Crippen LogP contribution in [0.5, 0.6) is 5.75 Å². The highest BCUT2D eigenvalue weighted by atomic mass is 16.5. The van der Waals surface area contributed by atoms with E-state index in [0.717, 1.165) is 28.2 Å². The number of hydrogen-bond donors (Lipinski definition) is 1. The number of fused-ring (bicyclic) bond motifs is 1. The van der Waals surface area contributed by atoms with Gasteiger partial charge in [0.25, 0.3) is 0 Å². The molecule has 3 nitrogen and oxygen atoms in total. The normalized spacial score (nSPS) is 10.7. The van der Waals surface area contributed by atoms with Crippen LogP contribution in [-0.4, -0.2) is 9.97 Å². The highest BCUT2D eigenvalue weighted by Gasteiger charge is 2.08. The van der Waals surface area contributed by atoms with Gasteiger partial charge in [0.1, 0.15) is 23.7 Å². The first-order valence-electron chi connectivity index (χ1n) is 5.87. The minimum Gasteiger partial charge on any atom is -0.485 e. The lowest BCUT2D eigenvalue weighted by atomic mass is 10.2. The quantitative estimate of drug-likeness (QED) is 0.752. The van der Waals surface area contributed by atoms with Crippen LogP contribution >= 0.6 is 0 Å². The summed E-state index contributed by atoms with van der Waals surface area (Å²) in [6.07, 6.45) is 0. The van der Waals surface area contributed by atoms with Gasteiger partial charge in [0, 0.05) is 5.56 Å². The van der Waals surface area contributed by atoms with Crippen LogP contribution < -0.4 is 4.74 Å². The molecule has 0 fully saturated rings. The number of ether oxygens (including phenoxy) is 1. The fraction of sp³-hybridized carbons (Fsp3) is 0.0667. The average molecular weight is 237 g/mol. The molecule has 3 aromatic rings. The van der Waals surface area contributed by atoms with Crippen LogP contribution in [0.2, 0.25) is 0 Å². The summed E-state index contributed by atoms with van der Waals surface area (Å²) in [5, 5.41) is 0. The van der Waals surface area contributed by atoms with Crippen molar-refractivity contribution in [2.24, 2.45) is 0 Å². The molecule has 0 unspecified atom stereocenters. The summed E-state index contributed by atoms with van der Waals surface area (Å²) in [6, 6.07) is 15.9. The van der Waals surface area contributed by atoms with E-state index >= 15 is 0 Å². The van der Waals surface area contributed by atoms with E-state index in [0.29, 0.717) is 0 Å². The summed E-state index contributed by atoms with van der Waals surface area (Å²) < 4.78 is 5.46. The predicted molar refractivity (Wildman–Crippen MR) is 72.1 cm³/mol. The molecule has 0 aliphatic carbocycles. The van der Waals surface area contributed by atoms with Crippen molar-refractivity contribution < 1.29 is 4.74 Å². The molecule has 1 aromatic heterocycles. The minimum absolute atomic E-state index is 0.772. The van der Waals surface area contributed by atoms with E-state index in [1.165, 1.54) is 0 Å². The summed E-state index contributed by atoms with van der Waals surface area (Å²) in [7, 11) is 0. The van der Waals surface area contributed by atoms with E-state index < -0.39 is 0 Å². The summed E-state index contributed by atoms with van der Waals surface area (Å²) in [6.45, 7) is 3.51. The van der Waals surface area contributed by atoms with Gasteiger partial charge in [0.2, 0.25) is 0 Å². The number of rotatable bonds is 3. The maximum atomic E-state index is 5.46. The van der Waals surface area contributed by atoms with E-state index in [2.05, 4.69) is 9.97 Å². The standard InChI is InChI=1S/C15H13N2O/c1-2-18-13-10-6-9-12-14(13)17-15(16-12)11-7-4-3-5-8-11/h2-10H,1H3,(H,16,17). The molecule has 0 aliphatic rings. The molecule has 2 aromatic carbocycles. The van der Waals surface area contributed by atoms with Crippen LogP contribution in [0.15, 0.2) is 48.5 Å². The Labute approximate surface area is 105 Å². The van der Waals surface area contributed by atoms with Gasteiger partial charge in [0.15, 0.2) is 0 Å². The van der Waals surface area contributed by atoms with Crippen molar-refractivity contribution in [2.75, 3.05) is 0 Å². The Bertz CT molecular complexity index is 659. The smallest absolute Gasteiger partial charge is 0.147 e. The Morgan fingerprint density at radius 1 is 1.06 bits per heavy atom. The number of aromatic nitrogens is 2. The van der Waals surface area contributed by atoms with Gasteiger partial charge >= 0.3 is 0 Å². The molecule has 0 bridgehead atoms. The SMILES string of the molecule is C[CH]Oc1cccc2[nH]c(-c3ccccc3)nc12. The zero-order chi connectivity index (χ0) is 12.4. The number of imidazole rings is 1. The summed E-state index contributed by atoms with van der Waals surface area (Å²) in [5.74, 6) is 1.63. The molecule has 3 rings (SSSR count). The molecule has 3 heteroatoms. The molecule has 18 heavy (non-hydrogen) atoms. The lowest BCUT2D eigenvalue weighted by Gasteiger charge is -2.01. The van der Waals surface area contributed by atoms with E-state index in [1.54, 1.807) is 6.61 Å². The number of benzene rings is 2. The molecule has 1 heterocycles. The van der Waals surface area contributed by atoms with Crippen LogP contribution in [0.3, 0.4) is 0 Å². The van der Waals surface area contributed by atoms with Crippen LogP contribution in [0, 0.1) is 6.61 Å². The summed E-state index contributed by atoms with van der Waals surface area (Å²) in [5.41, 5.74) is 2.91. The second kappa shape index (κ2) is 4.53. The van der Waals surface area contributed by atoms with Gasteiger partial charge in [-0.25, -0.2) is 4.98 Å². The van der Waals surface area contributed by atoms with Crippen LogP contribution in [0.1, 0.15) is 6.92 Å². The molecule has 0 spiro atoms. The summed E-state index contributed by atoms with van der Waals surface area (Å²) in [4.78, 5) is 7.91. The van der Waals surface area contributed by atoms with Gasteiger partial charge in [-0.2, -0.15) is 0 Å². The van der Waals surface area contributed by atoms with Crippen molar-refractivity contribution in [3.8, 4) is 17.1 Å². The molecule has 0 saturated carbocycles. The number of hydrogen-bond acceptors (Lipinski definition) is 2. The fourth-order valence-corrected chi connectivity index (χ4v) is 1.96. The van der Waals surface area contributed by atoms with Gasteiger partial charge in [-0.3, -0.25) is 0 Å². The van der Waals surface area contributed by atoms with Gasteiger partial charge in [-0.15, -0.1) is 0 Å². The molecule has 0 atom stereocenters. The number of H-pyrrole nitrogens is 1. The molecule has 89 valence electrons. The molecular weight excluding hydrogens is 224 g/mol. The lowest BCUT2D eigenvalue weighted by Crippen LogP contribution is -1.86. The Balaban J connectivity index is 2.14. The average Bonchev–Trinajstić information content (AvgIpc) is 2.85. The number of nitrogens with one attached hydrogen (secondary N) is 1. The van der Waals surface area contributed by atoms with E-state index in [-0.39, 0.29) is 0 Å². The maximum absolute atomic E-state index is 5.46. The van der Waals surface area contributed by atoms with Crippen molar-refractivity contribution in [1.82, 2.24) is 9.97 Å². The zero-order valence-electron chi connectivity index (χ0n) is 10.1. The summed E-state index contributed by atoms with van der Waals surface area (Å²) >= 11 is 0. The Kier molecular flexibility index (Phi) is 2.73. The molecule has 0 amide bonds. The molecule has 1 radical (unpaired) electrons. The third-order valence-electron chi connectivity index (χ3n) is 2.77. The highest BCUT2D eigenvalue weighted by molar-refractivity contribution is 5.84. The van der Waals surface area contributed by atoms with Crippen LogP contribution in [-0.2, 0) is 0 Å². The Morgan fingerprint density at radius 3 is 2.67 bits per heavy atom. The van der Waals surface area contributed by atoms with Crippen molar-refractivity contribution >= 4 is 11.0 Å². The van der Waals surface area contributed by atoms with E-state index in [4.69, 9.17) is 4.74 Å². The number of para-hydroxylation sites is 1. The van der Waals surface area contributed by atoms with Gasteiger partial charge < -0.3 is 9.72 Å². The maximum Gasteiger partial charge on any atom is 0.147 e. The topological polar surface area (TPSA) is 37.9 Å². The van der Waals surface area contributed by atoms with Crippen molar-refractivity contribution in [1.29, 1.82) is 0 Å². The molecule has 1 N–H and O–H groups in total.